The summed E-state index contributed by atoms with van der Waals surface area (Å²) in [6.07, 6.45) is 2.53. The predicted octanol–water partition coefficient (Wildman–Crippen LogP) is 0.908. The first kappa shape index (κ1) is 17.8. The van der Waals surface area contributed by atoms with Crippen molar-refractivity contribution in [3.05, 3.63) is 29.8 Å². The van der Waals surface area contributed by atoms with Gasteiger partial charge < -0.3 is 10.2 Å². The Morgan fingerprint density at radius 2 is 2.00 bits per heavy atom. The van der Waals surface area contributed by atoms with Gasteiger partial charge in [-0.1, -0.05) is 17.7 Å². The lowest BCUT2D eigenvalue weighted by Crippen LogP contribution is -2.47. The largest absolute Gasteiger partial charge is 0.396 e. The third kappa shape index (κ3) is 3.11. The molecule has 24 heavy (non-hydrogen) atoms. The lowest BCUT2D eigenvalue weighted by molar-refractivity contribution is 0.0588. The summed E-state index contributed by atoms with van der Waals surface area (Å²) in [5.41, 5.74) is 0.657. The lowest BCUT2D eigenvalue weighted by Gasteiger charge is -2.33. The van der Waals surface area contributed by atoms with E-state index in [-0.39, 0.29) is 42.2 Å². The average Bonchev–Trinajstić information content (AvgIpc) is 3.10. The number of hydrogen-bond donors (Lipinski definition) is 2. The Balaban J connectivity index is 1.74. The average molecular weight is 355 g/mol. The maximum atomic E-state index is 12.4. The van der Waals surface area contributed by atoms with Crippen LogP contribution in [0, 0.1) is 12.8 Å². The molecule has 3 atom stereocenters. The van der Waals surface area contributed by atoms with E-state index in [0.29, 0.717) is 6.42 Å². The van der Waals surface area contributed by atoms with Gasteiger partial charge >= 0.3 is 0 Å². The molecule has 0 unspecified atom stereocenters. The molecule has 3 rings (SSSR count). The quantitative estimate of drug-likeness (QED) is 0.738. The van der Waals surface area contributed by atoms with E-state index in [1.54, 1.807) is 12.1 Å². The second kappa shape index (κ2) is 6.72. The normalized spacial score (nSPS) is 30.6. The third-order valence-corrected chi connectivity index (χ3v) is 6.77. The van der Waals surface area contributed by atoms with Gasteiger partial charge in [0, 0.05) is 24.1 Å². The summed E-state index contributed by atoms with van der Waals surface area (Å²) in [6, 6.07) is 6.36. The number of fused-ring (bicyclic) bond motifs is 1. The van der Waals surface area contributed by atoms with Gasteiger partial charge in [0.25, 0.3) is 10.1 Å². The zero-order valence-electron chi connectivity index (χ0n) is 13.9. The summed E-state index contributed by atoms with van der Waals surface area (Å²) in [4.78, 5) is 2.28. The molecular formula is C17H25NO5S. The third-order valence-electron chi connectivity index (χ3n) is 5.47. The molecule has 0 saturated carbocycles. The molecule has 0 spiro atoms. The second-order valence-corrected chi connectivity index (χ2v) is 8.56. The molecule has 1 aromatic carbocycles. The van der Waals surface area contributed by atoms with Crippen molar-refractivity contribution in [3.8, 4) is 0 Å². The first-order valence-corrected chi connectivity index (χ1v) is 9.77. The second-order valence-electron chi connectivity index (χ2n) is 6.95. The Morgan fingerprint density at radius 3 is 2.62 bits per heavy atom. The van der Waals surface area contributed by atoms with Crippen molar-refractivity contribution in [1.82, 2.24) is 4.90 Å². The number of aliphatic hydroxyl groups is 2. The standard InChI is InChI=1S/C17H25NO5S/c1-13-3-5-15(6-4-13)24(21,22)23-11-16-14(10-19)9-17(12-20)7-2-8-18(16)17/h3-6,14,16,19-20H,2,7-12H2,1H3/t14-,16+,17-/m1/s1. The number of aryl methyl sites for hydroxylation is 1. The van der Waals surface area contributed by atoms with Crippen molar-refractivity contribution in [1.29, 1.82) is 0 Å². The van der Waals surface area contributed by atoms with Crippen LogP contribution in [0.15, 0.2) is 29.2 Å². The van der Waals surface area contributed by atoms with Crippen LogP contribution in [0.25, 0.3) is 0 Å². The van der Waals surface area contributed by atoms with Crippen LogP contribution in [0.2, 0.25) is 0 Å². The molecule has 7 heteroatoms. The molecule has 6 nitrogen and oxygen atoms in total. The van der Waals surface area contributed by atoms with E-state index in [0.717, 1.165) is 24.9 Å². The molecule has 0 radical (unpaired) electrons. The Kier molecular flexibility index (Phi) is 4.99. The van der Waals surface area contributed by atoms with Crippen LogP contribution in [0.5, 0.6) is 0 Å². The summed E-state index contributed by atoms with van der Waals surface area (Å²) in [5, 5.41) is 19.5. The van der Waals surface area contributed by atoms with Gasteiger partial charge in [0.1, 0.15) is 0 Å². The molecule has 2 aliphatic rings. The monoisotopic (exact) mass is 355 g/mol. The van der Waals surface area contributed by atoms with Crippen molar-refractivity contribution in [2.24, 2.45) is 5.92 Å². The summed E-state index contributed by atoms with van der Waals surface area (Å²) in [6.45, 7) is 2.70. The molecule has 2 heterocycles. The van der Waals surface area contributed by atoms with Crippen LogP contribution >= 0.6 is 0 Å². The highest BCUT2D eigenvalue weighted by molar-refractivity contribution is 7.86. The topological polar surface area (TPSA) is 87.1 Å². The van der Waals surface area contributed by atoms with E-state index in [1.165, 1.54) is 12.1 Å². The van der Waals surface area contributed by atoms with Gasteiger partial charge in [0.2, 0.25) is 0 Å². The Morgan fingerprint density at radius 1 is 1.29 bits per heavy atom. The Labute approximate surface area is 143 Å². The van der Waals surface area contributed by atoms with Crippen molar-refractivity contribution in [2.75, 3.05) is 26.4 Å². The van der Waals surface area contributed by atoms with Gasteiger partial charge in [-0.2, -0.15) is 8.42 Å². The van der Waals surface area contributed by atoms with Crippen molar-refractivity contribution in [2.45, 2.75) is 42.7 Å². The molecule has 1 aromatic rings. The van der Waals surface area contributed by atoms with Gasteiger partial charge in [-0.05, 0) is 44.9 Å². The fraction of sp³-hybridized carbons (Fsp3) is 0.647. The zero-order valence-corrected chi connectivity index (χ0v) is 14.7. The van der Waals surface area contributed by atoms with Gasteiger partial charge in [0.05, 0.1) is 18.1 Å². The maximum absolute atomic E-state index is 12.4. The highest BCUT2D eigenvalue weighted by atomic mass is 32.2. The molecule has 0 aromatic heterocycles. The first-order valence-electron chi connectivity index (χ1n) is 8.36. The van der Waals surface area contributed by atoms with Crippen LogP contribution in [-0.4, -0.2) is 61.5 Å². The smallest absolute Gasteiger partial charge is 0.297 e. The molecule has 2 aliphatic heterocycles. The van der Waals surface area contributed by atoms with E-state index in [2.05, 4.69) is 4.90 Å². The van der Waals surface area contributed by atoms with Crippen molar-refractivity contribution < 1.29 is 22.8 Å². The van der Waals surface area contributed by atoms with E-state index in [1.807, 2.05) is 6.92 Å². The SMILES string of the molecule is Cc1ccc(S(=O)(=O)OC[C@H]2[C@@H](CO)C[C@@]3(CO)CCCN23)cc1. The van der Waals surface area contributed by atoms with Gasteiger partial charge in [0.15, 0.2) is 0 Å². The molecule has 2 N–H and O–H groups in total. The first-order chi connectivity index (χ1) is 11.4. The van der Waals surface area contributed by atoms with E-state index in [9.17, 15) is 18.6 Å². The Bertz CT molecular complexity index is 675. The van der Waals surface area contributed by atoms with Crippen LogP contribution in [0.3, 0.4) is 0 Å². The zero-order chi connectivity index (χ0) is 17.4. The number of hydrogen-bond acceptors (Lipinski definition) is 6. The molecule has 0 amide bonds. The van der Waals surface area contributed by atoms with E-state index in [4.69, 9.17) is 4.18 Å². The highest BCUT2D eigenvalue weighted by Gasteiger charge is 2.53. The molecular weight excluding hydrogens is 330 g/mol. The van der Waals surface area contributed by atoms with Crippen molar-refractivity contribution in [3.63, 3.8) is 0 Å². The molecule has 2 fully saturated rings. The maximum Gasteiger partial charge on any atom is 0.297 e. The van der Waals surface area contributed by atoms with Crippen LogP contribution < -0.4 is 0 Å². The number of benzene rings is 1. The summed E-state index contributed by atoms with van der Waals surface area (Å²) in [5.74, 6) is -0.0781. The van der Waals surface area contributed by atoms with Crippen LogP contribution in [-0.2, 0) is 14.3 Å². The number of aliphatic hydroxyl groups excluding tert-OH is 2. The minimum atomic E-state index is -3.82. The summed E-state index contributed by atoms with van der Waals surface area (Å²) in [7, 11) is -3.82. The number of rotatable bonds is 6. The van der Waals surface area contributed by atoms with Crippen molar-refractivity contribution >= 4 is 10.1 Å². The molecule has 134 valence electrons. The molecule has 2 saturated heterocycles. The summed E-state index contributed by atoms with van der Waals surface area (Å²) >= 11 is 0. The van der Waals surface area contributed by atoms with E-state index < -0.39 is 10.1 Å². The summed E-state index contributed by atoms with van der Waals surface area (Å²) < 4.78 is 30.1. The van der Waals surface area contributed by atoms with Gasteiger partial charge in [-0.3, -0.25) is 9.08 Å². The fourth-order valence-electron chi connectivity index (χ4n) is 4.15. The van der Waals surface area contributed by atoms with Crippen LogP contribution in [0.4, 0.5) is 0 Å². The minimum Gasteiger partial charge on any atom is -0.396 e. The Hall–Kier alpha value is -0.990. The van der Waals surface area contributed by atoms with Crippen LogP contribution in [0.1, 0.15) is 24.8 Å². The van der Waals surface area contributed by atoms with Gasteiger partial charge in [-0.15, -0.1) is 0 Å². The number of nitrogens with zero attached hydrogens (tertiary/aromatic N) is 1. The molecule has 0 aliphatic carbocycles. The molecule has 0 bridgehead atoms. The fourth-order valence-corrected chi connectivity index (χ4v) is 5.08. The van der Waals surface area contributed by atoms with Gasteiger partial charge in [-0.25, -0.2) is 0 Å². The highest BCUT2D eigenvalue weighted by Crippen LogP contribution is 2.45. The predicted molar refractivity (Wildman–Crippen MR) is 89.1 cm³/mol. The van der Waals surface area contributed by atoms with E-state index >= 15 is 0 Å². The lowest BCUT2D eigenvalue weighted by atomic mass is 9.90. The minimum absolute atomic E-state index is 0.00316.